The predicted molar refractivity (Wildman–Crippen MR) is 112 cm³/mol. The molecule has 6 nitrogen and oxygen atoms in total. The second-order valence-corrected chi connectivity index (χ2v) is 9.17. The first-order chi connectivity index (χ1) is 13.9. The Bertz CT molecular complexity index is 1100. The van der Waals surface area contributed by atoms with Crippen LogP contribution in [0.4, 0.5) is 0 Å². The number of hydrogen-bond donors (Lipinski definition) is 0. The zero-order valence-electron chi connectivity index (χ0n) is 15.6. The Kier molecular flexibility index (Phi) is 5.45. The molecule has 1 amide bonds. The van der Waals surface area contributed by atoms with Crippen molar-refractivity contribution in [3.8, 4) is 5.69 Å². The molecule has 0 spiro atoms. The molecule has 0 unspecified atom stereocenters. The molecule has 1 fully saturated rings. The fourth-order valence-electron chi connectivity index (χ4n) is 3.38. The van der Waals surface area contributed by atoms with Gasteiger partial charge in [0, 0.05) is 54.8 Å². The summed E-state index contributed by atoms with van der Waals surface area (Å²) in [5, 5.41) is 0.488. The molecule has 2 heterocycles. The van der Waals surface area contributed by atoms with Crippen LogP contribution in [0.25, 0.3) is 5.69 Å². The molecule has 29 heavy (non-hydrogen) atoms. The number of piperazine rings is 1. The maximum Gasteiger partial charge on any atom is 0.254 e. The van der Waals surface area contributed by atoms with Crippen LogP contribution in [0.15, 0.2) is 78.0 Å². The van der Waals surface area contributed by atoms with E-state index in [0.717, 1.165) is 5.69 Å². The van der Waals surface area contributed by atoms with Gasteiger partial charge in [-0.3, -0.25) is 4.79 Å². The van der Waals surface area contributed by atoms with Crippen molar-refractivity contribution in [2.75, 3.05) is 26.2 Å². The van der Waals surface area contributed by atoms with Gasteiger partial charge in [-0.2, -0.15) is 4.31 Å². The summed E-state index contributed by atoms with van der Waals surface area (Å²) in [5.74, 6) is -0.0949. The molecule has 0 aliphatic carbocycles. The first kappa shape index (κ1) is 19.7. The van der Waals surface area contributed by atoms with Crippen LogP contribution < -0.4 is 0 Å². The van der Waals surface area contributed by atoms with Gasteiger partial charge in [-0.15, -0.1) is 0 Å². The number of aromatic nitrogens is 1. The van der Waals surface area contributed by atoms with Crippen LogP contribution in [-0.2, 0) is 10.0 Å². The van der Waals surface area contributed by atoms with Crippen molar-refractivity contribution in [2.24, 2.45) is 0 Å². The second kappa shape index (κ2) is 8.02. The van der Waals surface area contributed by atoms with Gasteiger partial charge in [0.2, 0.25) is 10.0 Å². The quantitative estimate of drug-likeness (QED) is 0.639. The van der Waals surface area contributed by atoms with Gasteiger partial charge in [0.1, 0.15) is 0 Å². The van der Waals surface area contributed by atoms with Crippen LogP contribution >= 0.6 is 11.6 Å². The minimum atomic E-state index is -3.60. The van der Waals surface area contributed by atoms with Crippen molar-refractivity contribution in [3.63, 3.8) is 0 Å². The first-order valence-corrected chi connectivity index (χ1v) is 11.1. The number of rotatable bonds is 4. The van der Waals surface area contributed by atoms with E-state index >= 15 is 0 Å². The number of halogens is 1. The number of carbonyl (C=O) groups excluding carboxylic acids is 1. The smallest absolute Gasteiger partial charge is 0.254 e. The molecule has 0 N–H and O–H groups in total. The van der Waals surface area contributed by atoms with Gasteiger partial charge in [-0.1, -0.05) is 17.7 Å². The van der Waals surface area contributed by atoms with Crippen molar-refractivity contribution >= 4 is 27.5 Å². The van der Waals surface area contributed by atoms with E-state index in [1.165, 1.54) is 16.4 Å². The molecule has 150 valence electrons. The average molecular weight is 430 g/mol. The first-order valence-electron chi connectivity index (χ1n) is 9.23. The van der Waals surface area contributed by atoms with Gasteiger partial charge in [0.05, 0.1) is 4.90 Å². The molecule has 1 saturated heterocycles. The van der Waals surface area contributed by atoms with Gasteiger partial charge in [0.15, 0.2) is 0 Å². The van der Waals surface area contributed by atoms with Crippen molar-refractivity contribution in [3.05, 3.63) is 83.6 Å². The number of amides is 1. The number of sulfonamides is 1. The van der Waals surface area contributed by atoms with Crippen LogP contribution in [0.5, 0.6) is 0 Å². The third kappa shape index (κ3) is 4.07. The molecular formula is C21H20ClN3O3S. The minimum absolute atomic E-state index is 0.0949. The lowest BCUT2D eigenvalue weighted by atomic mass is 10.1. The number of benzene rings is 2. The zero-order chi connectivity index (χ0) is 20.4. The minimum Gasteiger partial charge on any atom is -0.336 e. The third-order valence-electron chi connectivity index (χ3n) is 4.97. The predicted octanol–water partition coefficient (Wildman–Crippen LogP) is 3.28. The molecule has 4 rings (SSSR count). The maximum atomic E-state index is 12.9. The Labute approximate surface area is 175 Å². The molecule has 3 aromatic rings. The molecular weight excluding hydrogens is 410 g/mol. The molecule has 1 aromatic heterocycles. The highest BCUT2D eigenvalue weighted by Crippen LogP contribution is 2.21. The monoisotopic (exact) mass is 429 g/mol. The standard InChI is InChI=1S/C21H20ClN3O3S/c22-18-6-8-20(9-7-18)29(27,28)25-14-12-24(13-15-25)21(26)17-4-3-5-19(16-17)23-10-1-2-11-23/h1-11,16H,12-15H2. The van der Waals surface area contributed by atoms with Crippen LogP contribution in [0.3, 0.4) is 0 Å². The molecule has 0 bridgehead atoms. The Hall–Kier alpha value is -2.61. The van der Waals surface area contributed by atoms with E-state index in [0.29, 0.717) is 23.7 Å². The summed E-state index contributed by atoms with van der Waals surface area (Å²) in [6, 6.07) is 17.4. The van der Waals surface area contributed by atoms with E-state index in [9.17, 15) is 13.2 Å². The van der Waals surface area contributed by atoms with Crippen LogP contribution in [-0.4, -0.2) is 54.3 Å². The lowest BCUT2D eigenvalue weighted by Gasteiger charge is -2.34. The van der Waals surface area contributed by atoms with Crippen LogP contribution in [0.2, 0.25) is 5.02 Å². The highest BCUT2D eigenvalue weighted by Gasteiger charge is 2.30. The van der Waals surface area contributed by atoms with Crippen molar-refractivity contribution < 1.29 is 13.2 Å². The molecule has 1 aliphatic rings. The van der Waals surface area contributed by atoms with Gasteiger partial charge < -0.3 is 9.47 Å². The summed E-state index contributed by atoms with van der Waals surface area (Å²) in [6.07, 6.45) is 3.84. The van der Waals surface area contributed by atoms with E-state index in [-0.39, 0.29) is 23.9 Å². The van der Waals surface area contributed by atoms with Crippen molar-refractivity contribution in [1.82, 2.24) is 13.8 Å². The van der Waals surface area contributed by atoms with Gasteiger partial charge >= 0.3 is 0 Å². The van der Waals surface area contributed by atoms with E-state index < -0.39 is 10.0 Å². The normalized spacial score (nSPS) is 15.4. The lowest BCUT2D eigenvalue weighted by molar-refractivity contribution is 0.0698. The molecule has 0 radical (unpaired) electrons. The third-order valence-corrected chi connectivity index (χ3v) is 7.14. The molecule has 0 atom stereocenters. The van der Waals surface area contributed by atoms with Gasteiger partial charge in [-0.25, -0.2) is 8.42 Å². The summed E-state index contributed by atoms with van der Waals surface area (Å²) in [7, 11) is -3.60. The Morgan fingerprint density at radius 3 is 2.17 bits per heavy atom. The summed E-state index contributed by atoms with van der Waals surface area (Å²) < 4.78 is 28.9. The largest absolute Gasteiger partial charge is 0.336 e. The van der Waals surface area contributed by atoms with Crippen LogP contribution in [0, 0.1) is 0 Å². The lowest BCUT2D eigenvalue weighted by Crippen LogP contribution is -2.50. The molecule has 0 saturated carbocycles. The summed E-state index contributed by atoms with van der Waals surface area (Å²) in [4.78, 5) is 14.8. The van der Waals surface area contributed by atoms with E-state index in [2.05, 4.69) is 0 Å². The average Bonchev–Trinajstić information content (AvgIpc) is 3.29. The van der Waals surface area contributed by atoms with Gasteiger partial charge in [-0.05, 0) is 54.6 Å². The van der Waals surface area contributed by atoms with Crippen LogP contribution in [0.1, 0.15) is 10.4 Å². The second-order valence-electron chi connectivity index (χ2n) is 6.79. The summed E-state index contributed by atoms with van der Waals surface area (Å²) in [5.41, 5.74) is 1.50. The summed E-state index contributed by atoms with van der Waals surface area (Å²) in [6.45, 7) is 1.21. The highest BCUT2D eigenvalue weighted by molar-refractivity contribution is 7.89. The fourth-order valence-corrected chi connectivity index (χ4v) is 4.92. The Morgan fingerprint density at radius 1 is 0.862 bits per heavy atom. The summed E-state index contributed by atoms with van der Waals surface area (Å²) >= 11 is 5.85. The molecule has 8 heteroatoms. The van der Waals surface area contributed by atoms with Crippen molar-refractivity contribution in [2.45, 2.75) is 4.90 Å². The SMILES string of the molecule is O=C(c1cccc(-n2cccc2)c1)N1CCN(S(=O)(=O)c2ccc(Cl)cc2)CC1. The Morgan fingerprint density at radius 2 is 1.52 bits per heavy atom. The van der Waals surface area contributed by atoms with Crippen molar-refractivity contribution in [1.29, 1.82) is 0 Å². The highest BCUT2D eigenvalue weighted by atomic mass is 35.5. The zero-order valence-corrected chi connectivity index (χ0v) is 17.2. The number of nitrogens with zero attached hydrogens (tertiary/aromatic N) is 3. The van der Waals surface area contributed by atoms with Gasteiger partial charge in [0.25, 0.3) is 5.91 Å². The van der Waals surface area contributed by atoms with E-state index in [4.69, 9.17) is 11.6 Å². The van der Waals surface area contributed by atoms with E-state index in [1.54, 1.807) is 23.1 Å². The topological polar surface area (TPSA) is 62.6 Å². The molecule has 1 aliphatic heterocycles. The fraction of sp³-hybridized carbons (Fsp3) is 0.190. The van der Waals surface area contributed by atoms with E-state index in [1.807, 2.05) is 47.3 Å². The maximum absolute atomic E-state index is 12.9. The molecule has 2 aromatic carbocycles. The Balaban J connectivity index is 1.45. The number of hydrogen-bond acceptors (Lipinski definition) is 3. The number of carbonyl (C=O) groups is 1.